The summed E-state index contributed by atoms with van der Waals surface area (Å²) in [7, 11) is -3.13. The molecule has 1 atom stereocenters. The van der Waals surface area contributed by atoms with E-state index in [9.17, 15) is 8.42 Å². The first-order valence-corrected chi connectivity index (χ1v) is 8.80. The van der Waals surface area contributed by atoms with Crippen LogP contribution in [-0.4, -0.2) is 38.2 Å². The molecule has 1 heterocycles. The molecule has 0 aromatic heterocycles. The van der Waals surface area contributed by atoms with Crippen molar-refractivity contribution in [3.63, 3.8) is 0 Å². The van der Waals surface area contributed by atoms with Crippen molar-refractivity contribution in [3.05, 3.63) is 30.3 Å². The van der Waals surface area contributed by atoms with Crippen LogP contribution in [0, 0.1) is 0 Å². The van der Waals surface area contributed by atoms with Crippen molar-refractivity contribution in [3.8, 4) is 0 Å². The average Bonchev–Trinajstić information content (AvgIpc) is 2.46. The molecule has 106 valence electrons. The Hall–Kier alpha value is -0.870. The molecule has 1 fully saturated rings. The summed E-state index contributed by atoms with van der Waals surface area (Å²) in [6, 6.07) is 9.34. The lowest BCUT2D eigenvalue weighted by Crippen LogP contribution is -2.41. The van der Waals surface area contributed by atoms with Gasteiger partial charge in [0, 0.05) is 12.6 Å². The number of sulfone groups is 1. The Morgan fingerprint density at radius 1 is 1.21 bits per heavy atom. The van der Waals surface area contributed by atoms with Gasteiger partial charge < -0.3 is 0 Å². The van der Waals surface area contributed by atoms with Crippen LogP contribution < -0.4 is 0 Å². The molecule has 1 aromatic rings. The number of nitrogens with zero attached hydrogens (tertiary/aromatic N) is 1. The molecule has 1 aliphatic rings. The minimum absolute atomic E-state index is 0.230. The van der Waals surface area contributed by atoms with E-state index in [1.165, 1.54) is 19.3 Å². The third kappa shape index (κ3) is 3.80. The van der Waals surface area contributed by atoms with Gasteiger partial charge in [0.2, 0.25) is 0 Å². The van der Waals surface area contributed by atoms with Crippen LogP contribution in [0.5, 0.6) is 0 Å². The fourth-order valence-electron chi connectivity index (χ4n) is 2.80. The summed E-state index contributed by atoms with van der Waals surface area (Å²) in [5.74, 6) is 0.230. The molecule has 4 heteroatoms. The quantitative estimate of drug-likeness (QED) is 0.833. The second-order valence-corrected chi connectivity index (χ2v) is 7.33. The highest BCUT2D eigenvalue weighted by Gasteiger charge is 2.23. The fraction of sp³-hybridized carbons (Fsp3) is 0.600. The molecule has 0 N–H and O–H groups in total. The molecule has 1 unspecified atom stereocenters. The van der Waals surface area contributed by atoms with Gasteiger partial charge in [-0.1, -0.05) is 31.5 Å². The van der Waals surface area contributed by atoms with Crippen LogP contribution in [0.2, 0.25) is 0 Å². The van der Waals surface area contributed by atoms with E-state index in [2.05, 4.69) is 11.8 Å². The average molecular weight is 281 g/mol. The highest BCUT2D eigenvalue weighted by Crippen LogP contribution is 2.20. The molecule has 1 aromatic carbocycles. The Labute approximate surface area is 116 Å². The normalized spacial score (nSPS) is 21.4. The highest BCUT2D eigenvalue weighted by atomic mass is 32.2. The van der Waals surface area contributed by atoms with E-state index in [0.717, 1.165) is 13.0 Å². The smallest absolute Gasteiger partial charge is 0.179 e. The number of hydrogen-bond donors (Lipinski definition) is 0. The lowest BCUT2D eigenvalue weighted by atomic mass is 10.0. The van der Waals surface area contributed by atoms with Crippen LogP contribution in [-0.2, 0) is 9.84 Å². The third-order valence-corrected chi connectivity index (χ3v) is 5.68. The lowest BCUT2D eigenvalue weighted by molar-refractivity contribution is 0.153. The summed E-state index contributed by atoms with van der Waals surface area (Å²) in [5, 5.41) is 0. The van der Waals surface area contributed by atoms with Gasteiger partial charge in [-0.05, 0) is 37.9 Å². The molecule has 0 bridgehead atoms. The van der Waals surface area contributed by atoms with E-state index in [4.69, 9.17) is 0 Å². The predicted molar refractivity (Wildman–Crippen MR) is 78.0 cm³/mol. The molecule has 0 saturated carbocycles. The van der Waals surface area contributed by atoms with E-state index in [0.29, 0.717) is 17.5 Å². The number of likely N-dealkylation sites (tertiary alicyclic amines) is 1. The molecular weight excluding hydrogens is 258 g/mol. The number of rotatable bonds is 5. The van der Waals surface area contributed by atoms with Crippen LogP contribution in [0.1, 0.15) is 32.6 Å². The number of piperidine rings is 1. The Balaban J connectivity index is 1.98. The van der Waals surface area contributed by atoms with Crippen molar-refractivity contribution < 1.29 is 8.42 Å². The maximum absolute atomic E-state index is 12.2. The van der Waals surface area contributed by atoms with Crippen molar-refractivity contribution in [1.82, 2.24) is 4.90 Å². The van der Waals surface area contributed by atoms with Gasteiger partial charge in [0.1, 0.15) is 0 Å². The summed E-state index contributed by atoms with van der Waals surface area (Å²) in [6.07, 6.45) is 4.80. The minimum Gasteiger partial charge on any atom is -0.299 e. The van der Waals surface area contributed by atoms with Crippen molar-refractivity contribution in [2.75, 3.05) is 18.8 Å². The first kappa shape index (κ1) is 14.5. The summed E-state index contributed by atoms with van der Waals surface area (Å²) >= 11 is 0. The molecule has 0 aliphatic carbocycles. The summed E-state index contributed by atoms with van der Waals surface area (Å²) in [5.41, 5.74) is 0. The molecule has 2 rings (SSSR count). The minimum atomic E-state index is -3.13. The third-order valence-electron chi connectivity index (χ3n) is 3.97. The Kier molecular flexibility index (Phi) is 4.99. The van der Waals surface area contributed by atoms with Gasteiger partial charge in [-0.3, -0.25) is 4.90 Å². The van der Waals surface area contributed by atoms with Gasteiger partial charge in [-0.25, -0.2) is 8.42 Å². The van der Waals surface area contributed by atoms with Gasteiger partial charge in [0.25, 0.3) is 0 Å². The zero-order chi connectivity index (χ0) is 13.7. The number of benzene rings is 1. The summed E-state index contributed by atoms with van der Waals surface area (Å²) < 4.78 is 24.5. The van der Waals surface area contributed by atoms with Crippen LogP contribution >= 0.6 is 0 Å². The Morgan fingerprint density at radius 2 is 1.95 bits per heavy atom. The summed E-state index contributed by atoms with van der Waals surface area (Å²) in [6.45, 7) is 3.90. The zero-order valence-corrected chi connectivity index (χ0v) is 12.4. The van der Waals surface area contributed by atoms with Crippen LogP contribution in [0.25, 0.3) is 0 Å². The fourth-order valence-corrected chi connectivity index (χ4v) is 4.08. The van der Waals surface area contributed by atoms with E-state index in [1.54, 1.807) is 24.3 Å². The molecule has 19 heavy (non-hydrogen) atoms. The van der Waals surface area contributed by atoms with Crippen LogP contribution in [0.15, 0.2) is 35.2 Å². The molecule has 0 amide bonds. The molecule has 0 radical (unpaired) electrons. The molecule has 0 spiro atoms. The van der Waals surface area contributed by atoms with Gasteiger partial charge in [0.15, 0.2) is 9.84 Å². The van der Waals surface area contributed by atoms with Crippen LogP contribution in [0.4, 0.5) is 0 Å². The Bertz CT molecular complexity index is 484. The van der Waals surface area contributed by atoms with E-state index in [-0.39, 0.29) is 5.75 Å². The van der Waals surface area contributed by atoms with Gasteiger partial charge >= 0.3 is 0 Å². The van der Waals surface area contributed by atoms with Crippen molar-refractivity contribution in [2.45, 2.75) is 43.5 Å². The van der Waals surface area contributed by atoms with Crippen molar-refractivity contribution >= 4 is 9.84 Å². The van der Waals surface area contributed by atoms with Crippen molar-refractivity contribution in [1.29, 1.82) is 0 Å². The first-order chi connectivity index (χ1) is 9.13. The monoisotopic (exact) mass is 281 g/mol. The van der Waals surface area contributed by atoms with Gasteiger partial charge in [0.05, 0.1) is 10.6 Å². The topological polar surface area (TPSA) is 37.4 Å². The maximum atomic E-state index is 12.2. The predicted octanol–water partition coefficient (Wildman–Crippen LogP) is 2.72. The van der Waals surface area contributed by atoms with Crippen molar-refractivity contribution in [2.24, 2.45) is 0 Å². The molecular formula is C15H23NO2S. The van der Waals surface area contributed by atoms with Gasteiger partial charge in [-0.15, -0.1) is 0 Å². The summed E-state index contributed by atoms with van der Waals surface area (Å²) in [4.78, 5) is 2.80. The van der Waals surface area contributed by atoms with E-state index >= 15 is 0 Å². The lowest BCUT2D eigenvalue weighted by Gasteiger charge is -2.35. The number of hydrogen-bond acceptors (Lipinski definition) is 3. The second-order valence-electron chi connectivity index (χ2n) is 5.23. The van der Waals surface area contributed by atoms with Crippen LogP contribution in [0.3, 0.4) is 0 Å². The standard InChI is InChI=1S/C15H23NO2S/c1-2-14-8-6-7-11-16(14)12-13-19(17,18)15-9-4-3-5-10-15/h3-5,9-10,14H,2,6-8,11-13H2,1H3. The largest absolute Gasteiger partial charge is 0.299 e. The molecule has 1 aliphatic heterocycles. The molecule has 3 nitrogen and oxygen atoms in total. The molecule has 1 saturated heterocycles. The first-order valence-electron chi connectivity index (χ1n) is 7.15. The van der Waals surface area contributed by atoms with Gasteiger partial charge in [-0.2, -0.15) is 0 Å². The SMILES string of the molecule is CCC1CCCCN1CCS(=O)(=O)c1ccccc1. The van der Waals surface area contributed by atoms with E-state index < -0.39 is 9.84 Å². The van der Waals surface area contributed by atoms with E-state index in [1.807, 2.05) is 6.07 Å². The zero-order valence-electron chi connectivity index (χ0n) is 11.6. The highest BCUT2D eigenvalue weighted by molar-refractivity contribution is 7.91. The maximum Gasteiger partial charge on any atom is 0.179 e. The Morgan fingerprint density at radius 3 is 2.63 bits per heavy atom. The second kappa shape index (κ2) is 6.53.